The first-order valence-corrected chi connectivity index (χ1v) is 8.66. The fraction of sp³-hybridized carbons (Fsp3) is 0.500. The second kappa shape index (κ2) is 4.30. The van der Waals surface area contributed by atoms with Gasteiger partial charge in [-0.2, -0.15) is 0 Å². The van der Waals surface area contributed by atoms with Crippen LogP contribution in [0.4, 0.5) is 0 Å². The summed E-state index contributed by atoms with van der Waals surface area (Å²) >= 11 is 1.45. The van der Waals surface area contributed by atoms with Gasteiger partial charge in [-0.05, 0) is 43.2 Å². The number of benzene rings is 1. The van der Waals surface area contributed by atoms with Crippen LogP contribution < -0.4 is 5.73 Å². The zero-order chi connectivity index (χ0) is 12.7. The molecule has 0 spiro atoms. The highest BCUT2D eigenvalue weighted by molar-refractivity contribution is 7.99. The Balaban J connectivity index is 2.53. The minimum absolute atomic E-state index is 0.309. The quantitative estimate of drug-likeness (QED) is 0.856. The predicted octanol–water partition coefficient (Wildman–Crippen LogP) is 2.15. The minimum atomic E-state index is -3.19. The van der Waals surface area contributed by atoms with Crippen molar-refractivity contribution in [2.45, 2.75) is 34.6 Å². The molecule has 94 valence electrons. The number of rotatable bonds is 3. The molecule has 17 heavy (non-hydrogen) atoms. The highest BCUT2D eigenvalue weighted by Crippen LogP contribution is 2.40. The largest absolute Gasteiger partial charge is 0.321 e. The Bertz CT molecular complexity index is 533. The maximum absolute atomic E-state index is 11.7. The fourth-order valence-electron chi connectivity index (χ4n) is 2.12. The van der Waals surface area contributed by atoms with Gasteiger partial charge in [0.15, 0.2) is 9.84 Å². The van der Waals surface area contributed by atoms with Crippen molar-refractivity contribution in [1.82, 2.24) is 0 Å². The fourth-order valence-corrected chi connectivity index (χ4v) is 4.07. The van der Waals surface area contributed by atoms with Crippen LogP contribution in [-0.2, 0) is 15.4 Å². The average Bonchev–Trinajstić information content (AvgIpc) is 2.24. The molecule has 1 aromatic rings. The molecular formula is C12H17NO2S2. The lowest BCUT2D eigenvalue weighted by atomic mass is 9.73. The Labute approximate surface area is 107 Å². The van der Waals surface area contributed by atoms with E-state index in [0.29, 0.717) is 4.90 Å². The Morgan fingerprint density at radius 1 is 1.35 bits per heavy atom. The van der Waals surface area contributed by atoms with Crippen LogP contribution in [0.15, 0.2) is 28.0 Å². The third kappa shape index (κ3) is 2.37. The maximum Gasteiger partial charge on any atom is 0.176 e. The zero-order valence-electron chi connectivity index (χ0n) is 10.1. The van der Waals surface area contributed by atoms with Gasteiger partial charge in [0, 0.05) is 16.7 Å². The van der Waals surface area contributed by atoms with Crippen LogP contribution in [0.2, 0.25) is 0 Å². The van der Waals surface area contributed by atoms with Crippen molar-refractivity contribution in [3.63, 3.8) is 0 Å². The Morgan fingerprint density at radius 3 is 2.41 bits per heavy atom. The molecule has 1 aliphatic rings. The molecule has 3 nitrogen and oxygen atoms in total. The summed E-state index contributed by atoms with van der Waals surface area (Å²) in [7, 11) is -3.19. The van der Waals surface area contributed by atoms with Crippen molar-refractivity contribution in [3.8, 4) is 0 Å². The summed E-state index contributed by atoms with van der Waals surface area (Å²) in [5, 5.41) is 0. The van der Waals surface area contributed by atoms with Crippen molar-refractivity contribution in [2.24, 2.45) is 5.73 Å². The smallest absolute Gasteiger partial charge is 0.176 e. The highest BCUT2D eigenvalue weighted by atomic mass is 32.2. The molecule has 0 aromatic heterocycles. The van der Waals surface area contributed by atoms with Crippen molar-refractivity contribution in [1.29, 1.82) is 0 Å². The van der Waals surface area contributed by atoms with Crippen molar-refractivity contribution >= 4 is 21.6 Å². The van der Waals surface area contributed by atoms with Crippen molar-refractivity contribution < 1.29 is 8.42 Å². The number of nitrogens with two attached hydrogens (primary N) is 1. The van der Waals surface area contributed by atoms with Crippen LogP contribution in [0.5, 0.6) is 0 Å². The van der Waals surface area contributed by atoms with Crippen LogP contribution in [0.25, 0.3) is 0 Å². The molecule has 0 heterocycles. The molecule has 0 amide bonds. The summed E-state index contributed by atoms with van der Waals surface area (Å²) in [4.78, 5) is 1.19. The van der Waals surface area contributed by atoms with Gasteiger partial charge in [-0.15, -0.1) is 11.8 Å². The Kier molecular flexibility index (Phi) is 3.27. The first-order chi connectivity index (χ1) is 7.87. The van der Waals surface area contributed by atoms with Gasteiger partial charge < -0.3 is 5.73 Å². The standard InChI is InChI=1S/C12H17NO2S2/c1-16-10-5-4-9(12(13)6-3-7-12)8-11(10)17(2,14)15/h4-5,8H,3,6-7,13H2,1-2H3. The monoisotopic (exact) mass is 271 g/mol. The van der Waals surface area contributed by atoms with Gasteiger partial charge >= 0.3 is 0 Å². The van der Waals surface area contributed by atoms with E-state index in [4.69, 9.17) is 5.73 Å². The number of hydrogen-bond acceptors (Lipinski definition) is 4. The first kappa shape index (κ1) is 12.9. The van der Waals surface area contributed by atoms with Gasteiger partial charge in [-0.3, -0.25) is 0 Å². The number of thioether (sulfide) groups is 1. The van der Waals surface area contributed by atoms with Crippen LogP contribution >= 0.6 is 11.8 Å². The van der Waals surface area contributed by atoms with E-state index >= 15 is 0 Å². The van der Waals surface area contributed by atoms with E-state index in [1.54, 1.807) is 6.07 Å². The summed E-state index contributed by atoms with van der Waals surface area (Å²) in [6.07, 6.45) is 6.12. The molecule has 1 saturated carbocycles. The van der Waals surface area contributed by atoms with E-state index in [9.17, 15) is 8.42 Å². The molecule has 0 bridgehead atoms. The lowest BCUT2D eigenvalue weighted by molar-refractivity contribution is 0.253. The Morgan fingerprint density at radius 2 is 2.00 bits per heavy atom. The zero-order valence-corrected chi connectivity index (χ0v) is 11.7. The minimum Gasteiger partial charge on any atom is -0.321 e. The number of hydrogen-bond donors (Lipinski definition) is 1. The molecule has 2 N–H and O–H groups in total. The predicted molar refractivity (Wildman–Crippen MR) is 71.0 cm³/mol. The van der Waals surface area contributed by atoms with E-state index in [0.717, 1.165) is 29.7 Å². The van der Waals surface area contributed by atoms with Crippen molar-refractivity contribution in [3.05, 3.63) is 23.8 Å². The molecule has 1 aliphatic carbocycles. The van der Waals surface area contributed by atoms with Crippen molar-refractivity contribution in [2.75, 3.05) is 12.5 Å². The molecule has 1 fully saturated rings. The number of sulfone groups is 1. The van der Waals surface area contributed by atoms with Crippen LogP contribution in [0, 0.1) is 0 Å². The lowest BCUT2D eigenvalue weighted by Crippen LogP contribution is -2.43. The molecule has 0 radical (unpaired) electrons. The third-order valence-electron chi connectivity index (χ3n) is 3.38. The highest BCUT2D eigenvalue weighted by Gasteiger charge is 2.35. The van der Waals surface area contributed by atoms with E-state index in [-0.39, 0.29) is 5.54 Å². The van der Waals surface area contributed by atoms with Crippen LogP contribution in [0.3, 0.4) is 0 Å². The van der Waals surface area contributed by atoms with Gasteiger partial charge in [0.25, 0.3) is 0 Å². The van der Waals surface area contributed by atoms with Gasteiger partial charge in [0.1, 0.15) is 0 Å². The van der Waals surface area contributed by atoms with Crippen LogP contribution in [-0.4, -0.2) is 20.9 Å². The molecule has 0 saturated heterocycles. The van der Waals surface area contributed by atoms with Gasteiger partial charge in [0.2, 0.25) is 0 Å². The summed E-state index contributed by atoms with van der Waals surface area (Å²) in [5.74, 6) is 0. The molecule has 1 aromatic carbocycles. The van der Waals surface area contributed by atoms with Gasteiger partial charge in [0.05, 0.1) is 4.90 Å². The van der Waals surface area contributed by atoms with E-state index in [1.807, 2.05) is 18.4 Å². The summed E-state index contributed by atoms with van der Waals surface area (Å²) < 4.78 is 23.5. The van der Waals surface area contributed by atoms with Crippen LogP contribution in [0.1, 0.15) is 24.8 Å². The molecule has 0 unspecified atom stereocenters. The summed E-state index contributed by atoms with van der Waals surface area (Å²) in [6.45, 7) is 0. The third-order valence-corrected chi connectivity index (χ3v) is 5.45. The SMILES string of the molecule is CSc1ccc(C2(N)CCC2)cc1S(C)(=O)=O. The molecular weight excluding hydrogens is 254 g/mol. The first-order valence-electron chi connectivity index (χ1n) is 5.54. The lowest BCUT2D eigenvalue weighted by Gasteiger charge is -2.38. The Hall–Kier alpha value is -0.520. The average molecular weight is 271 g/mol. The second-order valence-corrected chi connectivity index (χ2v) is 7.48. The summed E-state index contributed by atoms with van der Waals surface area (Å²) in [6, 6.07) is 5.57. The molecule has 0 atom stereocenters. The van der Waals surface area contributed by atoms with E-state index < -0.39 is 9.84 Å². The second-order valence-electron chi connectivity index (χ2n) is 4.65. The maximum atomic E-state index is 11.7. The molecule has 5 heteroatoms. The normalized spacial score (nSPS) is 18.8. The molecule has 0 aliphatic heterocycles. The molecule has 2 rings (SSSR count). The van der Waals surface area contributed by atoms with Gasteiger partial charge in [-0.1, -0.05) is 6.07 Å². The van der Waals surface area contributed by atoms with E-state index in [2.05, 4.69) is 0 Å². The summed E-state index contributed by atoms with van der Waals surface area (Å²) in [5.41, 5.74) is 6.86. The van der Waals surface area contributed by atoms with Gasteiger partial charge in [-0.25, -0.2) is 8.42 Å². The topological polar surface area (TPSA) is 60.2 Å². The van der Waals surface area contributed by atoms with E-state index in [1.165, 1.54) is 18.0 Å².